The molecule has 2 aromatic rings. The van der Waals surface area contributed by atoms with Crippen LogP contribution in [-0.2, 0) is 4.79 Å². The van der Waals surface area contributed by atoms with E-state index >= 15 is 0 Å². The summed E-state index contributed by atoms with van der Waals surface area (Å²) in [6.45, 7) is 7.17. The van der Waals surface area contributed by atoms with E-state index in [0.29, 0.717) is 23.4 Å². The van der Waals surface area contributed by atoms with Gasteiger partial charge < -0.3 is 19.9 Å². The van der Waals surface area contributed by atoms with Gasteiger partial charge in [-0.05, 0) is 42.1 Å². The van der Waals surface area contributed by atoms with Crippen LogP contribution in [0, 0.1) is 6.92 Å². The molecule has 27 heavy (non-hydrogen) atoms. The molecule has 0 saturated carbocycles. The van der Waals surface area contributed by atoms with Gasteiger partial charge in [0.2, 0.25) is 0 Å². The summed E-state index contributed by atoms with van der Waals surface area (Å²) in [7, 11) is 2.24. The lowest BCUT2D eigenvalue weighted by molar-refractivity contribution is -1.02. The molecular weight excluding hydrogens is 382 g/mol. The maximum Gasteiger partial charge on any atom is 0.258 e. The number of aryl methyl sites for hydroxylation is 1. The van der Waals surface area contributed by atoms with Crippen molar-refractivity contribution in [3.05, 3.63) is 51.2 Å². The fourth-order valence-corrected chi connectivity index (χ4v) is 4.41. The monoisotopic (exact) mass is 409 g/mol. The van der Waals surface area contributed by atoms with Gasteiger partial charge in [0.15, 0.2) is 6.61 Å². The first-order chi connectivity index (χ1) is 13.0. The normalized spacial score (nSPS) is 20.9. The average molecular weight is 410 g/mol. The number of hydrogen-bond donors (Lipinski definition) is 3. The van der Waals surface area contributed by atoms with E-state index in [9.17, 15) is 4.79 Å². The van der Waals surface area contributed by atoms with Crippen LogP contribution in [-0.4, -0.2) is 52.3 Å². The SMILES string of the molecule is Cc1cc(OCC(=O)NC[C@H](c2cccs2)[NH+]2CC[NH+](C)CC2)ccc1Cl. The fraction of sp³-hybridized carbons (Fsp3) is 0.450. The van der Waals surface area contributed by atoms with Crippen molar-refractivity contribution in [2.75, 3.05) is 46.4 Å². The summed E-state index contributed by atoms with van der Waals surface area (Å²) in [4.78, 5) is 16.8. The van der Waals surface area contributed by atoms with Gasteiger partial charge in [-0.1, -0.05) is 17.7 Å². The minimum atomic E-state index is -0.0942. The molecule has 146 valence electrons. The Bertz CT molecular complexity index is 746. The number of benzene rings is 1. The van der Waals surface area contributed by atoms with Crippen molar-refractivity contribution in [3.63, 3.8) is 0 Å². The lowest BCUT2D eigenvalue weighted by atomic mass is 10.1. The summed E-state index contributed by atoms with van der Waals surface area (Å²) in [5, 5.41) is 5.87. The first-order valence-corrected chi connectivity index (χ1v) is 10.6. The number of halogens is 1. The molecule has 0 spiro atoms. The molecule has 0 unspecified atom stereocenters. The van der Waals surface area contributed by atoms with Crippen molar-refractivity contribution in [1.82, 2.24) is 5.32 Å². The second-order valence-electron chi connectivity index (χ2n) is 7.19. The first-order valence-electron chi connectivity index (χ1n) is 9.38. The molecule has 0 aliphatic carbocycles. The van der Waals surface area contributed by atoms with Gasteiger partial charge in [-0.2, -0.15) is 0 Å². The van der Waals surface area contributed by atoms with Crippen molar-refractivity contribution in [2.24, 2.45) is 0 Å². The second-order valence-corrected chi connectivity index (χ2v) is 8.57. The van der Waals surface area contributed by atoms with Crippen LogP contribution in [0.15, 0.2) is 35.7 Å². The molecule has 1 amide bonds. The van der Waals surface area contributed by atoms with Crippen molar-refractivity contribution < 1.29 is 19.3 Å². The van der Waals surface area contributed by atoms with Gasteiger partial charge in [0.1, 0.15) is 38.0 Å². The summed E-state index contributed by atoms with van der Waals surface area (Å²) >= 11 is 7.79. The number of likely N-dealkylation sites (N-methyl/N-ethyl adjacent to an activating group) is 1. The van der Waals surface area contributed by atoms with E-state index < -0.39 is 0 Å². The number of nitrogens with one attached hydrogen (secondary N) is 3. The number of hydrogen-bond acceptors (Lipinski definition) is 3. The van der Waals surface area contributed by atoms with Gasteiger partial charge in [-0.15, -0.1) is 11.3 Å². The van der Waals surface area contributed by atoms with Crippen molar-refractivity contribution in [3.8, 4) is 5.75 Å². The molecule has 2 heterocycles. The number of carbonyl (C=O) groups excluding carboxylic acids is 1. The third-order valence-corrected chi connectivity index (χ3v) is 6.54. The van der Waals surface area contributed by atoms with E-state index in [-0.39, 0.29) is 12.5 Å². The van der Waals surface area contributed by atoms with Gasteiger partial charge in [0, 0.05) is 5.02 Å². The van der Waals surface area contributed by atoms with Gasteiger partial charge >= 0.3 is 0 Å². The van der Waals surface area contributed by atoms with Crippen LogP contribution in [0.1, 0.15) is 16.5 Å². The van der Waals surface area contributed by atoms with E-state index in [1.165, 1.54) is 18.0 Å². The van der Waals surface area contributed by atoms with Crippen LogP contribution in [0.5, 0.6) is 5.75 Å². The highest BCUT2D eigenvalue weighted by Crippen LogP contribution is 2.21. The zero-order valence-electron chi connectivity index (χ0n) is 15.9. The van der Waals surface area contributed by atoms with Crippen LogP contribution in [0.2, 0.25) is 5.02 Å². The molecule has 1 aromatic heterocycles. The predicted octanol–water partition coefficient (Wildman–Crippen LogP) is 0.359. The number of ether oxygens (including phenoxy) is 1. The molecule has 7 heteroatoms. The van der Waals surface area contributed by atoms with Crippen LogP contribution in [0.3, 0.4) is 0 Å². The lowest BCUT2D eigenvalue weighted by Crippen LogP contribution is -3.27. The number of rotatable bonds is 7. The van der Waals surface area contributed by atoms with Crippen molar-refractivity contribution in [2.45, 2.75) is 13.0 Å². The average Bonchev–Trinajstić information content (AvgIpc) is 3.19. The molecule has 3 N–H and O–H groups in total. The molecular formula is C20H28ClN3O2S+2. The standard InChI is InChI=1S/C20H26ClN3O2S/c1-15-12-16(5-6-17(15)21)26-14-20(25)22-13-18(19-4-3-11-27-19)24-9-7-23(2)8-10-24/h3-6,11-12,18H,7-10,13-14H2,1-2H3,(H,22,25)/p+2/t18-/m1/s1. The van der Waals surface area contributed by atoms with Crippen LogP contribution in [0.25, 0.3) is 0 Å². The Balaban J connectivity index is 1.53. The largest absolute Gasteiger partial charge is 0.484 e. The van der Waals surface area contributed by atoms with Crippen molar-refractivity contribution in [1.29, 1.82) is 0 Å². The Morgan fingerprint density at radius 1 is 1.30 bits per heavy atom. The Morgan fingerprint density at radius 2 is 2.07 bits per heavy atom. The Hall–Kier alpha value is -1.60. The van der Waals surface area contributed by atoms with Gasteiger partial charge in [-0.3, -0.25) is 4.79 Å². The third kappa shape index (κ3) is 5.69. The van der Waals surface area contributed by atoms with Crippen LogP contribution >= 0.6 is 22.9 Å². The second kappa shape index (κ2) is 9.55. The zero-order chi connectivity index (χ0) is 19.2. The number of carbonyl (C=O) groups is 1. The van der Waals surface area contributed by atoms with E-state index in [1.807, 2.05) is 13.0 Å². The summed E-state index contributed by atoms with van der Waals surface area (Å²) in [6, 6.07) is 9.98. The minimum Gasteiger partial charge on any atom is -0.484 e. The quantitative estimate of drug-likeness (QED) is 0.618. The van der Waals surface area contributed by atoms with Crippen molar-refractivity contribution >= 4 is 28.8 Å². The van der Waals surface area contributed by atoms with Crippen LogP contribution < -0.4 is 19.9 Å². The molecule has 1 aliphatic heterocycles. The number of amides is 1. The van der Waals surface area contributed by atoms with E-state index in [2.05, 4.69) is 29.9 Å². The smallest absolute Gasteiger partial charge is 0.258 e. The molecule has 0 bridgehead atoms. The Kier molecular flexibility index (Phi) is 7.13. The maximum atomic E-state index is 12.3. The van der Waals surface area contributed by atoms with Gasteiger partial charge in [-0.25, -0.2) is 0 Å². The molecule has 1 saturated heterocycles. The molecule has 3 rings (SSSR count). The third-order valence-electron chi connectivity index (χ3n) is 5.13. The Morgan fingerprint density at radius 3 is 2.74 bits per heavy atom. The molecule has 5 nitrogen and oxygen atoms in total. The topological polar surface area (TPSA) is 47.2 Å². The Labute approximate surface area is 169 Å². The molecule has 1 aromatic carbocycles. The predicted molar refractivity (Wildman–Crippen MR) is 109 cm³/mol. The molecule has 1 fully saturated rings. The number of thiophene rings is 1. The zero-order valence-corrected chi connectivity index (χ0v) is 17.5. The maximum absolute atomic E-state index is 12.3. The van der Waals surface area contributed by atoms with Gasteiger partial charge in [0.25, 0.3) is 5.91 Å². The van der Waals surface area contributed by atoms with E-state index in [1.54, 1.807) is 33.3 Å². The highest BCUT2D eigenvalue weighted by Gasteiger charge is 2.30. The first kappa shape index (κ1) is 20.1. The summed E-state index contributed by atoms with van der Waals surface area (Å²) < 4.78 is 5.61. The highest BCUT2D eigenvalue weighted by molar-refractivity contribution is 7.10. The van der Waals surface area contributed by atoms with E-state index in [0.717, 1.165) is 18.7 Å². The number of piperazine rings is 1. The highest BCUT2D eigenvalue weighted by atomic mass is 35.5. The lowest BCUT2D eigenvalue weighted by Gasteiger charge is -2.33. The summed E-state index contributed by atoms with van der Waals surface area (Å²) in [5.41, 5.74) is 0.938. The summed E-state index contributed by atoms with van der Waals surface area (Å²) in [5.74, 6) is 0.567. The fourth-order valence-electron chi connectivity index (χ4n) is 3.40. The number of quaternary nitrogens is 2. The van der Waals surface area contributed by atoms with E-state index in [4.69, 9.17) is 16.3 Å². The molecule has 1 aliphatic rings. The molecule has 0 radical (unpaired) electrons. The minimum absolute atomic E-state index is 0.0143. The summed E-state index contributed by atoms with van der Waals surface area (Å²) in [6.07, 6.45) is 0. The van der Waals surface area contributed by atoms with Gasteiger partial charge in [0.05, 0.1) is 18.5 Å². The van der Waals surface area contributed by atoms with Crippen LogP contribution in [0.4, 0.5) is 0 Å². The molecule has 1 atom stereocenters.